The molecule has 0 saturated heterocycles. The molecule has 2 aromatic rings. The van der Waals surface area contributed by atoms with E-state index >= 15 is 0 Å². The molecule has 4 N–H and O–H groups in total. The van der Waals surface area contributed by atoms with Crippen molar-refractivity contribution in [1.29, 1.82) is 0 Å². The minimum Gasteiger partial charge on any atom is -0.497 e. The molecule has 0 aliphatic carbocycles. The topological polar surface area (TPSA) is 108 Å². The van der Waals surface area contributed by atoms with E-state index in [9.17, 15) is 9.59 Å². The minimum absolute atomic E-state index is 0.419. The van der Waals surface area contributed by atoms with Crippen LogP contribution in [0.2, 0.25) is 0 Å². The Bertz CT molecular complexity index is 568. The van der Waals surface area contributed by atoms with Gasteiger partial charge in [-0.05, 0) is 36.4 Å². The molecule has 1 aromatic carbocycles. The van der Waals surface area contributed by atoms with Crippen LogP contribution in [-0.2, 0) is 0 Å². The number of carbonyl (C=O) groups excluding carboxylic acids is 2. The van der Waals surface area contributed by atoms with Gasteiger partial charge in [0.15, 0.2) is 0 Å². The van der Waals surface area contributed by atoms with Gasteiger partial charge in [-0.2, -0.15) is 0 Å². The van der Waals surface area contributed by atoms with Crippen molar-refractivity contribution in [3.05, 3.63) is 59.9 Å². The Morgan fingerprint density at radius 2 is 1.35 bits per heavy atom. The van der Waals surface area contributed by atoms with Crippen LogP contribution in [0.25, 0.3) is 0 Å². The van der Waals surface area contributed by atoms with Gasteiger partial charge >= 0.3 is 0 Å². The summed E-state index contributed by atoms with van der Waals surface area (Å²) in [6.07, 6.45) is 3.06. The van der Waals surface area contributed by atoms with Crippen molar-refractivity contribution in [2.45, 2.75) is 0 Å². The van der Waals surface area contributed by atoms with Crippen molar-refractivity contribution < 1.29 is 14.3 Å². The molecule has 0 unspecified atom stereocenters. The number of benzene rings is 1. The summed E-state index contributed by atoms with van der Waals surface area (Å²) in [5.74, 6) is -0.125. The molecule has 6 heteroatoms. The first-order valence-electron chi connectivity index (χ1n) is 5.68. The van der Waals surface area contributed by atoms with Crippen molar-refractivity contribution in [3.8, 4) is 5.75 Å². The van der Waals surface area contributed by atoms with Gasteiger partial charge in [0.1, 0.15) is 5.75 Å². The number of pyridine rings is 1. The number of methoxy groups -OCH3 is 1. The maximum Gasteiger partial charge on any atom is 0.248 e. The van der Waals surface area contributed by atoms with Crippen molar-refractivity contribution in [2.75, 3.05) is 7.11 Å². The average molecular weight is 273 g/mol. The van der Waals surface area contributed by atoms with Crippen LogP contribution < -0.4 is 16.2 Å². The van der Waals surface area contributed by atoms with Gasteiger partial charge < -0.3 is 16.2 Å². The lowest BCUT2D eigenvalue weighted by Gasteiger charge is -1.98. The second-order valence-electron chi connectivity index (χ2n) is 3.69. The molecular weight excluding hydrogens is 258 g/mol. The van der Waals surface area contributed by atoms with Crippen molar-refractivity contribution in [3.63, 3.8) is 0 Å². The maximum absolute atomic E-state index is 10.6. The quantitative estimate of drug-likeness (QED) is 0.868. The van der Waals surface area contributed by atoms with E-state index in [1.54, 1.807) is 43.5 Å². The molecule has 1 heterocycles. The maximum atomic E-state index is 10.6. The summed E-state index contributed by atoms with van der Waals surface area (Å²) in [7, 11) is 1.57. The third-order valence-electron chi connectivity index (χ3n) is 2.34. The smallest absolute Gasteiger partial charge is 0.248 e. The minimum atomic E-state index is -0.423. The Kier molecular flexibility index (Phi) is 5.71. The average Bonchev–Trinajstić information content (AvgIpc) is 2.49. The van der Waals surface area contributed by atoms with Crippen molar-refractivity contribution in [1.82, 2.24) is 4.98 Å². The molecule has 1 aromatic heterocycles. The summed E-state index contributed by atoms with van der Waals surface area (Å²) in [5.41, 5.74) is 11.0. The van der Waals surface area contributed by atoms with Crippen LogP contribution in [0.3, 0.4) is 0 Å². The molecule has 0 fully saturated rings. The number of aromatic nitrogens is 1. The fourth-order valence-corrected chi connectivity index (χ4v) is 1.27. The predicted molar refractivity (Wildman–Crippen MR) is 74.3 cm³/mol. The number of nitrogens with two attached hydrogens (primary N) is 2. The number of primary amides is 2. The van der Waals surface area contributed by atoms with Crippen LogP contribution in [0.1, 0.15) is 20.7 Å². The summed E-state index contributed by atoms with van der Waals surface area (Å²) in [6.45, 7) is 0. The highest BCUT2D eigenvalue weighted by Crippen LogP contribution is 2.10. The third-order valence-corrected chi connectivity index (χ3v) is 2.34. The van der Waals surface area contributed by atoms with Gasteiger partial charge in [0.2, 0.25) is 11.8 Å². The van der Waals surface area contributed by atoms with Crippen LogP contribution in [0, 0.1) is 0 Å². The zero-order valence-corrected chi connectivity index (χ0v) is 10.9. The number of hydrogen-bond donors (Lipinski definition) is 2. The van der Waals surface area contributed by atoms with E-state index in [1.165, 1.54) is 12.4 Å². The van der Waals surface area contributed by atoms with Crippen molar-refractivity contribution >= 4 is 11.8 Å². The fraction of sp³-hybridized carbons (Fsp3) is 0.0714. The summed E-state index contributed by atoms with van der Waals surface area (Å²) in [4.78, 5) is 24.7. The van der Waals surface area contributed by atoms with Crippen LogP contribution >= 0.6 is 0 Å². The molecule has 6 nitrogen and oxygen atoms in total. The van der Waals surface area contributed by atoms with Gasteiger partial charge in [0, 0.05) is 23.5 Å². The SMILES string of the molecule is COc1ccc(C(N)=O)cc1.NC(=O)c1ccncc1. The molecule has 0 spiro atoms. The molecule has 0 atom stereocenters. The monoisotopic (exact) mass is 273 g/mol. The highest BCUT2D eigenvalue weighted by Gasteiger charge is 1.98. The second-order valence-corrected chi connectivity index (χ2v) is 3.69. The summed E-state index contributed by atoms with van der Waals surface area (Å²) in [6, 6.07) is 9.78. The predicted octanol–water partition coefficient (Wildman–Crippen LogP) is 0.975. The number of ether oxygens (including phenoxy) is 1. The normalized spacial score (nSPS) is 9.05. The molecule has 20 heavy (non-hydrogen) atoms. The Hall–Kier alpha value is -2.89. The lowest BCUT2D eigenvalue weighted by Crippen LogP contribution is -2.10. The van der Waals surface area contributed by atoms with E-state index in [4.69, 9.17) is 16.2 Å². The highest BCUT2D eigenvalue weighted by molar-refractivity contribution is 5.93. The largest absolute Gasteiger partial charge is 0.497 e. The zero-order valence-electron chi connectivity index (χ0n) is 10.9. The fourth-order valence-electron chi connectivity index (χ4n) is 1.27. The first-order chi connectivity index (χ1) is 9.54. The zero-order chi connectivity index (χ0) is 15.0. The van der Waals surface area contributed by atoms with Gasteiger partial charge in [-0.15, -0.1) is 0 Å². The molecule has 2 rings (SSSR count). The number of rotatable bonds is 3. The van der Waals surface area contributed by atoms with Gasteiger partial charge in [-0.1, -0.05) is 0 Å². The standard InChI is InChI=1S/C8H9NO2.C6H6N2O/c1-11-7-4-2-6(3-5-7)8(9)10;7-6(9)5-1-3-8-4-2-5/h2-5H,1H3,(H2,9,10);1-4H,(H2,7,9). The number of amides is 2. The molecule has 0 saturated carbocycles. The molecular formula is C14H15N3O3. The second kappa shape index (κ2) is 7.52. The van der Waals surface area contributed by atoms with E-state index < -0.39 is 11.8 Å². The van der Waals surface area contributed by atoms with E-state index in [0.717, 1.165) is 5.75 Å². The Labute approximate surface area is 116 Å². The summed E-state index contributed by atoms with van der Waals surface area (Å²) in [5, 5.41) is 0. The van der Waals surface area contributed by atoms with E-state index in [0.29, 0.717) is 11.1 Å². The third kappa shape index (κ3) is 4.77. The highest BCUT2D eigenvalue weighted by atomic mass is 16.5. The van der Waals surface area contributed by atoms with E-state index in [1.807, 2.05) is 0 Å². The summed E-state index contributed by atoms with van der Waals surface area (Å²) >= 11 is 0. The van der Waals surface area contributed by atoms with Gasteiger partial charge in [-0.3, -0.25) is 14.6 Å². The Morgan fingerprint density at radius 3 is 1.70 bits per heavy atom. The molecule has 0 aliphatic rings. The summed E-state index contributed by atoms with van der Waals surface area (Å²) < 4.78 is 4.90. The van der Waals surface area contributed by atoms with Gasteiger partial charge in [0.05, 0.1) is 7.11 Å². The van der Waals surface area contributed by atoms with Crippen LogP contribution in [0.4, 0.5) is 0 Å². The van der Waals surface area contributed by atoms with Gasteiger partial charge in [0.25, 0.3) is 0 Å². The lowest BCUT2D eigenvalue weighted by molar-refractivity contribution is 0.0991. The van der Waals surface area contributed by atoms with E-state index in [2.05, 4.69) is 4.98 Å². The number of hydrogen-bond acceptors (Lipinski definition) is 4. The van der Waals surface area contributed by atoms with Crippen LogP contribution in [-0.4, -0.2) is 23.9 Å². The van der Waals surface area contributed by atoms with Crippen molar-refractivity contribution in [2.24, 2.45) is 11.5 Å². The first-order valence-corrected chi connectivity index (χ1v) is 5.68. The van der Waals surface area contributed by atoms with Gasteiger partial charge in [-0.25, -0.2) is 0 Å². The Morgan fingerprint density at radius 1 is 0.900 bits per heavy atom. The van der Waals surface area contributed by atoms with E-state index in [-0.39, 0.29) is 0 Å². The number of carbonyl (C=O) groups is 2. The van der Waals surface area contributed by atoms with Crippen LogP contribution in [0.5, 0.6) is 5.75 Å². The number of nitrogens with zero attached hydrogens (tertiary/aromatic N) is 1. The van der Waals surface area contributed by atoms with Crippen LogP contribution in [0.15, 0.2) is 48.8 Å². The molecule has 2 amide bonds. The first kappa shape index (κ1) is 15.2. The lowest BCUT2D eigenvalue weighted by atomic mass is 10.2. The Balaban J connectivity index is 0.000000204. The molecule has 0 radical (unpaired) electrons. The molecule has 0 bridgehead atoms. The molecule has 0 aliphatic heterocycles. The molecule has 104 valence electrons.